The lowest BCUT2D eigenvalue weighted by molar-refractivity contribution is -0.116. The van der Waals surface area contributed by atoms with Crippen LogP contribution in [-0.4, -0.2) is 32.3 Å². The normalized spacial score (nSPS) is 10.8. The van der Waals surface area contributed by atoms with Gasteiger partial charge >= 0.3 is 0 Å². The Kier molecular flexibility index (Phi) is 6.81. The number of hydrogen-bond donors (Lipinski definition) is 2. The minimum Gasteiger partial charge on any atom is -0.494 e. The number of anilines is 2. The number of amides is 1. The van der Waals surface area contributed by atoms with Crippen molar-refractivity contribution in [2.75, 3.05) is 17.2 Å². The summed E-state index contributed by atoms with van der Waals surface area (Å²) in [6.07, 6.45) is 0.676. The van der Waals surface area contributed by atoms with Gasteiger partial charge in [-0.05, 0) is 61.0 Å². The van der Waals surface area contributed by atoms with Gasteiger partial charge in [-0.2, -0.15) is 4.52 Å². The second kappa shape index (κ2) is 10.1. The Bertz CT molecular complexity index is 1190. The van der Waals surface area contributed by atoms with Gasteiger partial charge in [-0.1, -0.05) is 23.7 Å². The number of carbonyl (C=O) groups is 1. The molecule has 9 heteroatoms. The molecule has 0 fully saturated rings. The molecule has 32 heavy (non-hydrogen) atoms. The van der Waals surface area contributed by atoms with Gasteiger partial charge in [-0.15, -0.1) is 15.3 Å². The van der Waals surface area contributed by atoms with Gasteiger partial charge in [0.15, 0.2) is 11.5 Å². The van der Waals surface area contributed by atoms with E-state index in [4.69, 9.17) is 16.3 Å². The Morgan fingerprint density at radius 2 is 1.81 bits per heavy atom. The summed E-state index contributed by atoms with van der Waals surface area (Å²) in [7, 11) is 0. The number of rotatable bonds is 9. The van der Waals surface area contributed by atoms with Gasteiger partial charge in [0.05, 0.1) is 6.61 Å². The predicted molar refractivity (Wildman–Crippen MR) is 124 cm³/mol. The first-order chi connectivity index (χ1) is 15.6. The van der Waals surface area contributed by atoms with Crippen molar-refractivity contribution in [2.45, 2.75) is 26.3 Å². The SMILES string of the molecule is CCOc1ccc(NC(=O)CCc2nnc3ccc(NCc4ccc(Cl)cc4)nn23)cc1. The lowest BCUT2D eigenvalue weighted by Crippen LogP contribution is -2.13. The summed E-state index contributed by atoms with van der Waals surface area (Å²) in [5, 5.41) is 19.8. The molecule has 0 spiro atoms. The topological polar surface area (TPSA) is 93.4 Å². The zero-order valence-electron chi connectivity index (χ0n) is 17.6. The van der Waals surface area contributed by atoms with E-state index in [1.807, 2.05) is 67.6 Å². The lowest BCUT2D eigenvalue weighted by Gasteiger charge is -2.08. The summed E-state index contributed by atoms with van der Waals surface area (Å²) in [6, 6.07) is 18.6. The first-order valence-corrected chi connectivity index (χ1v) is 10.7. The fourth-order valence-corrected chi connectivity index (χ4v) is 3.25. The van der Waals surface area contributed by atoms with Crippen molar-refractivity contribution in [3.05, 3.63) is 77.1 Å². The van der Waals surface area contributed by atoms with Crippen molar-refractivity contribution >= 4 is 34.7 Å². The van der Waals surface area contributed by atoms with E-state index < -0.39 is 0 Å². The Morgan fingerprint density at radius 3 is 2.56 bits per heavy atom. The highest BCUT2D eigenvalue weighted by atomic mass is 35.5. The summed E-state index contributed by atoms with van der Waals surface area (Å²) in [5.74, 6) is 1.97. The highest BCUT2D eigenvalue weighted by molar-refractivity contribution is 6.30. The molecular formula is C23H23ClN6O2. The molecule has 2 aromatic heterocycles. The maximum Gasteiger partial charge on any atom is 0.224 e. The minimum atomic E-state index is -0.108. The molecule has 0 atom stereocenters. The van der Waals surface area contributed by atoms with Crippen LogP contribution >= 0.6 is 11.6 Å². The molecule has 164 valence electrons. The fraction of sp³-hybridized carbons (Fsp3) is 0.217. The summed E-state index contributed by atoms with van der Waals surface area (Å²) in [4.78, 5) is 12.4. The Labute approximate surface area is 190 Å². The number of hydrogen-bond acceptors (Lipinski definition) is 6. The maximum atomic E-state index is 12.4. The number of aryl methyl sites for hydroxylation is 1. The Morgan fingerprint density at radius 1 is 1.03 bits per heavy atom. The van der Waals surface area contributed by atoms with Crippen molar-refractivity contribution in [2.24, 2.45) is 0 Å². The Hall–Kier alpha value is -3.65. The van der Waals surface area contributed by atoms with Crippen LogP contribution in [0.4, 0.5) is 11.5 Å². The molecular weight excluding hydrogens is 428 g/mol. The van der Waals surface area contributed by atoms with Crippen LogP contribution in [0.15, 0.2) is 60.7 Å². The van der Waals surface area contributed by atoms with Gasteiger partial charge in [0, 0.05) is 30.1 Å². The molecule has 1 amide bonds. The average Bonchev–Trinajstić information content (AvgIpc) is 3.21. The first-order valence-electron chi connectivity index (χ1n) is 10.3. The zero-order chi connectivity index (χ0) is 22.3. The van der Waals surface area contributed by atoms with Crippen molar-refractivity contribution in [3.8, 4) is 5.75 Å². The molecule has 8 nitrogen and oxygen atoms in total. The van der Waals surface area contributed by atoms with Gasteiger partial charge in [0.1, 0.15) is 11.6 Å². The maximum absolute atomic E-state index is 12.4. The van der Waals surface area contributed by atoms with Gasteiger partial charge in [0.2, 0.25) is 5.91 Å². The number of ether oxygens (including phenoxy) is 1. The average molecular weight is 451 g/mol. The largest absolute Gasteiger partial charge is 0.494 e. The molecule has 0 aliphatic carbocycles. The summed E-state index contributed by atoms with van der Waals surface area (Å²) in [5.41, 5.74) is 2.44. The standard InChI is InChI=1S/C23H23ClN6O2/c1-2-32-19-9-7-18(8-10-19)26-23(31)14-13-22-28-27-21-12-11-20(29-30(21)22)25-15-16-3-5-17(24)6-4-16/h3-12H,2,13-15H2,1H3,(H,25,29)(H,26,31). The molecule has 0 unspecified atom stereocenters. The summed E-state index contributed by atoms with van der Waals surface area (Å²) < 4.78 is 7.07. The number of benzene rings is 2. The Balaban J connectivity index is 1.35. The molecule has 0 saturated heterocycles. The van der Waals surface area contributed by atoms with E-state index in [0.29, 0.717) is 41.9 Å². The number of aromatic nitrogens is 4. The molecule has 4 rings (SSSR count). The molecule has 2 N–H and O–H groups in total. The molecule has 4 aromatic rings. The minimum absolute atomic E-state index is 0.108. The van der Waals surface area contributed by atoms with Crippen molar-refractivity contribution in [1.29, 1.82) is 0 Å². The van der Waals surface area contributed by atoms with Crippen LogP contribution in [0.2, 0.25) is 5.02 Å². The molecule has 0 aliphatic rings. The third-order valence-corrected chi connectivity index (χ3v) is 4.99. The number of carbonyl (C=O) groups excluding carboxylic acids is 1. The van der Waals surface area contributed by atoms with Crippen LogP contribution in [0.25, 0.3) is 5.65 Å². The highest BCUT2D eigenvalue weighted by Gasteiger charge is 2.11. The summed E-state index contributed by atoms with van der Waals surface area (Å²) in [6.45, 7) is 3.14. The van der Waals surface area contributed by atoms with Crippen LogP contribution in [0, 0.1) is 0 Å². The van der Waals surface area contributed by atoms with Crippen molar-refractivity contribution < 1.29 is 9.53 Å². The quantitative estimate of drug-likeness (QED) is 0.393. The number of nitrogens with zero attached hydrogens (tertiary/aromatic N) is 4. The first kappa shape index (κ1) is 21.6. The van der Waals surface area contributed by atoms with Gasteiger partial charge < -0.3 is 15.4 Å². The third-order valence-electron chi connectivity index (χ3n) is 4.74. The van der Waals surface area contributed by atoms with E-state index in [9.17, 15) is 4.79 Å². The van der Waals surface area contributed by atoms with E-state index in [1.165, 1.54) is 0 Å². The van der Waals surface area contributed by atoms with E-state index in [1.54, 1.807) is 4.52 Å². The van der Waals surface area contributed by atoms with E-state index in [0.717, 1.165) is 17.0 Å². The van der Waals surface area contributed by atoms with Crippen molar-refractivity contribution in [1.82, 2.24) is 19.8 Å². The molecule has 0 bridgehead atoms. The zero-order valence-corrected chi connectivity index (χ0v) is 18.3. The molecule has 0 radical (unpaired) electrons. The van der Waals surface area contributed by atoms with Crippen LogP contribution < -0.4 is 15.4 Å². The number of fused-ring (bicyclic) bond motifs is 1. The predicted octanol–water partition coefficient (Wildman–Crippen LogP) is 4.36. The second-order valence-electron chi connectivity index (χ2n) is 7.09. The van der Waals surface area contributed by atoms with Gasteiger partial charge in [-0.25, -0.2) is 0 Å². The fourth-order valence-electron chi connectivity index (χ4n) is 3.13. The summed E-state index contributed by atoms with van der Waals surface area (Å²) >= 11 is 5.93. The monoisotopic (exact) mass is 450 g/mol. The van der Waals surface area contributed by atoms with Crippen LogP contribution in [0.5, 0.6) is 5.75 Å². The number of halogens is 1. The van der Waals surface area contributed by atoms with E-state index >= 15 is 0 Å². The molecule has 2 aromatic carbocycles. The molecule has 0 aliphatic heterocycles. The van der Waals surface area contributed by atoms with E-state index in [-0.39, 0.29) is 12.3 Å². The van der Waals surface area contributed by atoms with Gasteiger partial charge in [0.25, 0.3) is 0 Å². The highest BCUT2D eigenvalue weighted by Crippen LogP contribution is 2.16. The lowest BCUT2D eigenvalue weighted by atomic mass is 10.2. The number of nitrogens with one attached hydrogen (secondary N) is 2. The molecule has 2 heterocycles. The smallest absolute Gasteiger partial charge is 0.224 e. The van der Waals surface area contributed by atoms with Gasteiger partial charge in [-0.3, -0.25) is 4.79 Å². The molecule has 0 saturated carbocycles. The van der Waals surface area contributed by atoms with Crippen LogP contribution in [-0.2, 0) is 17.8 Å². The second-order valence-corrected chi connectivity index (χ2v) is 7.53. The van der Waals surface area contributed by atoms with E-state index in [2.05, 4.69) is 25.9 Å². The van der Waals surface area contributed by atoms with Crippen molar-refractivity contribution in [3.63, 3.8) is 0 Å². The third kappa shape index (κ3) is 5.53. The van der Waals surface area contributed by atoms with Crippen LogP contribution in [0.3, 0.4) is 0 Å². The van der Waals surface area contributed by atoms with Crippen LogP contribution in [0.1, 0.15) is 24.7 Å².